The van der Waals surface area contributed by atoms with E-state index in [0.717, 1.165) is 11.1 Å². The number of allylic oxidation sites excluding steroid dienone is 2. The van der Waals surface area contributed by atoms with Crippen LogP contribution < -0.4 is 5.32 Å². The SMILES string of the molecule is Cc1nc2cc(Cl)c(C3=CC=CN(C(=O)Nc4ccccc4F)C3)cc2o1. The van der Waals surface area contributed by atoms with Gasteiger partial charge in [0.1, 0.15) is 11.3 Å². The smallest absolute Gasteiger partial charge is 0.326 e. The number of nitrogens with one attached hydrogen (secondary N) is 1. The minimum atomic E-state index is -0.489. The third kappa shape index (κ3) is 3.44. The van der Waals surface area contributed by atoms with Gasteiger partial charge in [-0.1, -0.05) is 29.8 Å². The Labute approximate surface area is 159 Å². The van der Waals surface area contributed by atoms with Crippen LogP contribution in [0.25, 0.3) is 16.7 Å². The van der Waals surface area contributed by atoms with Gasteiger partial charge in [-0.2, -0.15) is 0 Å². The molecule has 2 aromatic carbocycles. The first-order valence-corrected chi connectivity index (χ1v) is 8.65. The summed E-state index contributed by atoms with van der Waals surface area (Å²) in [5, 5.41) is 3.09. The van der Waals surface area contributed by atoms with Crippen molar-refractivity contribution in [3.05, 3.63) is 77.0 Å². The van der Waals surface area contributed by atoms with Crippen molar-refractivity contribution in [1.29, 1.82) is 0 Å². The minimum absolute atomic E-state index is 0.128. The van der Waals surface area contributed by atoms with Gasteiger partial charge in [0.05, 0.1) is 17.3 Å². The molecule has 0 saturated heterocycles. The summed E-state index contributed by atoms with van der Waals surface area (Å²) in [5.41, 5.74) is 3.03. The first-order valence-electron chi connectivity index (χ1n) is 8.28. The standard InChI is InChI=1S/C20H15ClFN3O2/c1-12-23-18-10-15(21)14(9-19(18)27-12)13-5-4-8-25(11-13)20(26)24-17-7-3-2-6-16(17)22/h2-10H,11H2,1H3,(H,24,26). The molecule has 5 nitrogen and oxygen atoms in total. The van der Waals surface area contributed by atoms with Crippen LogP contribution in [0.5, 0.6) is 0 Å². The highest BCUT2D eigenvalue weighted by atomic mass is 35.5. The van der Waals surface area contributed by atoms with E-state index in [4.69, 9.17) is 16.0 Å². The highest BCUT2D eigenvalue weighted by Gasteiger charge is 2.20. The molecule has 0 bridgehead atoms. The van der Waals surface area contributed by atoms with Gasteiger partial charge < -0.3 is 9.73 Å². The van der Waals surface area contributed by atoms with Gasteiger partial charge in [0.25, 0.3) is 0 Å². The summed E-state index contributed by atoms with van der Waals surface area (Å²) < 4.78 is 19.3. The van der Waals surface area contributed by atoms with Gasteiger partial charge in [-0.3, -0.25) is 4.90 Å². The molecule has 0 spiro atoms. The zero-order chi connectivity index (χ0) is 19.0. The molecule has 3 aromatic rings. The maximum Gasteiger partial charge on any atom is 0.326 e. The molecule has 1 aliphatic rings. The molecule has 27 heavy (non-hydrogen) atoms. The zero-order valence-electron chi connectivity index (χ0n) is 14.4. The number of aromatic nitrogens is 1. The molecule has 2 heterocycles. The fourth-order valence-corrected chi connectivity index (χ4v) is 3.20. The number of oxazole rings is 1. The Morgan fingerprint density at radius 2 is 2.15 bits per heavy atom. The summed E-state index contributed by atoms with van der Waals surface area (Å²) in [6.45, 7) is 2.06. The molecule has 4 rings (SSSR count). The van der Waals surface area contributed by atoms with E-state index in [2.05, 4.69) is 10.3 Å². The van der Waals surface area contributed by atoms with Crippen LogP contribution in [0.2, 0.25) is 5.02 Å². The molecule has 1 aliphatic heterocycles. The molecule has 0 unspecified atom stereocenters. The van der Waals surface area contributed by atoms with Gasteiger partial charge in [0.15, 0.2) is 11.5 Å². The Balaban J connectivity index is 1.57. The van der Waals surface area contributed by atoms with Crippen LogP contribution in [-0.4, -0.2) is 22.5 Å². The Kier molecular flexibility index (Phi) is 4.41. The first kappa shape index (κ1) is 17.3. The monoisotopic (exact) mass is 383 g/mol. The molecule has 0 aliphatic carbocycles. The summed E-state index contributed by atoms with van der Waals surface area (Å²) in [6.07, 6.45) is 5.25. The predicted molar refractivity (Wildman–Crippen MR) is 103 cm³/mol. The second kappa shape index (κ2) is 6.89. The number of carbonyl (C=O) groups is 1. The van der Waals surface area contributed by atoms with Crippen LogP contribution in [-0.2, 0) is 0 Å². The molecule has 0 saturated carbocycles. The lowest BCUT2D eigenvalue weighted by Crippen LogP contribution is -2.33. The number of carbonyl (C=O) groups excluding carboxylic acids is 1. The maximum atomic E-state index is 13.8. The number of aryl methyl sites for hydroxylation is 1. The summed E-state index contributed by atoms with van der Waals surface area (Å²) in [4.78, 5) is 18.2. The molecular formula is C20H15ClFN3O2. The van der Waals surface area contributed by atoms with Gasteiger partial charge in [0, 0.05) is 18.7 Å². The fourth-order valence-electron chi connectivity index (χ4n) is 2.93. The number of rotatable bonds is 2. The van der Waals surface area contributed by atoms with E-state index in [0.29, 0.717) is 22.0 Å². The topological polar surface area (TPSA) is 58.4 Å². The number of hydrogen-bond donors (Lipinski definition) is 1. The summed E-state index contributed by atoms with van der Waals surface area (Å²) in [7, 11) is 0. The van der Waals surface area contributed by atoms with Crippen LogP contribution >= 0.6 is 11.6 Å². The van der Waals surface area contributed by atoms with Crippen molar-refractivity contribution in [1.82, 2.24) is 9.88 Å². The molecule has 7 heteroatoms. The van der Waals surface area contributed by atoms with Gasteiger partial charge in [-0.05, 0) is 35.9 Å². The van der Waals surface area contributed by atoms with Crippen molar-refractivity contribution in [3.8, 4) is 0 Å². The molecular weight excluding hydrogens is 369 g/mol. The molecule has 1 N–H and O–H groups in total. The lowest BCUT2D eigenvalue weighted by atomic mass is 10.0. The average molecular weight is 384 g/mol. The normalized spacial score (nSPS) is 13.7. The van der Waals surface area contributed by atoms with Crippen LogP contribution in [0.15, 0.2) is 59.2 Å². The Bertz CT molecular complexity index is 1100. The van der Waals surface area contributed by atoms with Crippen LogP contribution in [0.4, 0.5) is 14.9 Å². The summed E-state index contributed by atoms with van der Waals surface area (Å²) in [6, 6.07) is 9.15. The number of nitrogens with zero attached hydrogens (tertiary/aromatic N) is 2. The van der Waals surface area contributed by atoms with E-state index < -0.39 is 11.8 Å². The Morgan fingerprint density at radius 1 is 1.33 bits per heavy atom. The van der Waals surface area contributed by atoms with Gasteiger partial charge in [0.2, 0.25) is 0 Å². The Morgan fingerprint density at radius 3 is 2.96 bits per heavy atom. The number of halogens is 2. The number of amides is 2. The highest BCUT2D eigenvalue weighted by Crippen LogP contribution is 2.31. The summed E-state index contributed by atoms with van der Waals surface area (Å²) >= 11 is 6.41. The van der Waals surface area contributed by atoms with Gasteiger partial charge in [-0.25, -0.2) is 14.2 Å². The van der Waals surface area contributed by atoms with E-state index in [-0.39, 0.29) is 12.2 Å². The number of para-hydroxylation sites is 1. The molecule has 0 radical (unpaired) electrons. The van der Waals surface area contributed by atoms with Crippen molar-refractivity contribution in [2.45, 2.75) is 6.92 Å². The lowest BCUT2D eigenvalue weighted by Gasteiger charge is -2.24. The molecule has 0 fully saturated rings. The van der Waals surface area contributed by atoms with Crippen molar-refractivity contribution in [2.75, 3.05) is 11.9 Å². The minimum Gasteiger partial charge on any atom is -0.441 e. The predicted octanol–water partition coefficient (Wildman–Crippen LogP) is 5.37. The third-order valence-electron chi connectivity index (χ3n) is 4.21. The highest BCUT2D eigenvalue weighted by molar-refractivity contribution is 6.33. The van der Waals surface area contributed by atoms with Gasteiger partial charge in [-0.15, -0.1) is 0 Å². The van der Waals surface area contributed by atoms with Crippen molar-refractivity contribution in [2.24, 2.45) is 0 Å². The van der Waals surface area contributed by atoms with E-state index >= 15 is 0 Å². The van der Waals surface area contributed by atoms with Crippen molar-refractivity contribution >= 4 is 40.0 Å². The molecule has 1 aromatic heterocycles. The second-order valence-corrected chi connectivity index (χ2v) is 6.51. The van der Waals surface area contributed by atoms with Gasteiger partial charge >= 0.3 is 6.03 Å². The average Bonchev–Trinajstić information content (AvgIpc) is 3.02. The molecule has 2 amide bonds. The quantitative estimate of drug-likeness (QED) is 0.646. The summed E-state index contributed by atoms with van der Waals surface area (Å²) in [5.74, 6) is 0.0680. The van der Waals surface area contributed by atoms with E-state index in [9.17, 15) is 9.18 Å². The zero-order valence-corrected chi connectivity index (χ0v) is 15.1. The number of anilines is 1. The third-order valence-corrected chi connectivity index (χ3v) is 4.52. The van der Waals surface area contributed by atoms with E-state index in [1.54, 1.807) is 37.4 Å². The van der Waals surface area contributed by atoms with Crippen LogP contribution in [0, 0.1) is 12.7 Å². The lowest BCUT2D eigenvalue weighted by molar-refractivity contribution is 0.232. The fraction of sp³-hybridized carbons (Fsp3) is 0.100. The van der Waals surface area contributed by atoms with Crippen LogP contribution in [0.3, 0.4) is 0 Å². The maximum absolute atomic E-state index is 13.8. The first-order chi connectivity index (χ1) is 13.0. The van der Waals surface area contributed by atoms with E-state index in [1.165, 1.54) is 17.0 Å². The molecule has 0 atom stereocenters. The number of urea groups is 1. The Hall–Kier alpha value is -3.12. The number of hydrogen-bond acceptors (Lipinski definition) is 3. The van der Waals surface area contributed by atoms with Crippen molar-refractivity contribution < 1.29 is 13.6 Å². The molecule has 136 valence electrons. The number of fused-ring (bicyclic) bond motifs is 1. The van der Waals surface area contributed by atoms with Crippen LogP contribution in [0.1, 0.15) is 11.5 Å². The second-order valence-electron chi connectivity index (χ2n) is 6.10. The number of benzene rings is 2. The van der Waals surface area contributed by atoms with E-state index in [1.807, 2.05) is 12.1 Å². The van der Waals surface area contributed by atoms with Crippen molar-refractivity contribution in [3.63, 3.8) is 0 Å². The largest absolute Gasteiger partial charge is 0.441 e.